The maximum atomic E-state index is 12.8. The van der Waals surface area contributed by atoms with Gasteiger partial charge in [0.15, 0.2) is 0 Å². The van der Waals surface area contributed by atoms with Crippen molar-refractivity contribution in [3.8, 4) is 11.5 Å². The van der Waals surface area contributed by atoms with E-state index in [4.69, 9.17) is 23.7 Å². The molecule has 6 nitrogen and oxygen atoms in total. The van der Waals surface area contributed by atoms with Gasteiger partial charge in [0.2, 0.25) is 0 Å². The minimum atomic E-state index is -0.730. The van der Waals surface area contributed by atoms with Gasteiger partial charge < -0.3 is 23.7 Å². The minimum Gasteiger partial charge on any atom is -0.501 e. The molecule has 0 bridgehead atoms. The lowest BCUT2D eigenvalue weighted by molar-refractivity contribution is -0.0217. The van der Waals surface area contributed by atoms with E-state index in [1.807, 2.05) is 42.5 Å². The molecule has 0 aliphatic heterocycles. The number of allylic oxidation sites excluding steroid dienone is 1. The number of rotatable bonds is 9. The first-order chi connectivity index (χ1) is 18.0. The van der Waals surface area contributed by atoms with Crippen LogP contribution in [0.1, 0.15) is 39.7 Å². The van der Waals surface area contributed by atoms with Gasteiger partial charge in [0.25, 0.3) is 0 Å². The fourth-order valence-corrected chi connectivity index (χ4v) is 5.68. The zero-order valence-electron chi connectivity index (χ0n) is 21.5. The molecule has 1 saturated carbocycles. The van der Waals surface area contributed by atoms with Crippen molar-refractivity contribution >= 4 is 5.97 Å². The van der Waals surface area contributed by atoms with Gasteiger partial charge in [-0.2, -0.15) is 0 Å². The van der Waals surface area contributed by atoms with E-state index < -0.39 is 5.60 Å². The zero-order valence-corrected chi connectivity index (χ0v) is 21.5. The number of hydrogen-bond acceptors (Lipinski definition) is 6. The third kappa shape index (κ3) is 4.58. The van der Waals surface area contributed by atoms with Gasteiger partial charge in [0.1, 0.15) is 29.0 Å². The largest absolute Gasteiger partial charge is 0.501 e. The van der Waals surface area contributed by atoms with Gasteiger partial charge in [-0.05, 0) is 60.0 Å². The highest BCUT2D eigenvalue weighted by atomic mass is 16.6. The van der Waals surface area contributed by atoms with E-state index >= 15 is 0 Å². The van der Waals surface area contributed by atoms with Gasteiger partial charge in [-0.25, -0.2) is 4.79 Å². The monoisotopic (exact) mass is 500 g/mol. The topological polar surface area (TPSA) is 63.2 Å². The van der Waals surface area contributed by atoms with E-state index in [9.17, 15) is 4.79 Å². The summed E-state index contributed by atoms with van der Waals surface area (Å²) in [5.41, 5.74) is 1.99. The first-order valence-electron chi connectivity index (χ1n) is 12.4. The second-order valence-electron chi connectivity index (χ2n) is 9.46. The van der Waals surface area contributed by atoms with E-state index in [2.05, 4.69) is 30.3 Å². The smallest absolute Gasteiger partial charge is 0.338 e. The lowest BCUT2D eigenvalue weighted by atomic mass is 9.73. The summed E-state index contributed by atoms with van der Waals surface area (Å²) in [6.07, 6.45) is 2.55. The van der Waals surface area contributed by atoms with Crippen LogP contribution in [0.3, 0.4) is 0 Å². The Morgan fingerprint density at radius 1 is 0.757 bits per heavy atom. The average Bonchev–Trinajstić information content (AvgIpc) is 3.65. The van der Waals surface area contributed by atoms with Crippen molar-refractivity contribution in [3.05, 3.63) is 107 Å². The molecule has 6 heteroatoms. The van der Waals surface area contributed by atoms with Crippen LogP contribution in [0.4, 0.5) is 0 Å². The summed E-state index contributed by atoms with van der Waals surface area (Å²) < 4.78 is 29.1. The van der Waals surface area contributed by atoms with Crippen molar-refractivity contribution < 1.29 is 28.5 Å². The molecular formula is C31H32O6. The number of carbonyl (C=O) groups is 1. The molecule has 0 N–H and O–H groups in total. The van der Waals surface area contributed by atoms with Gasteiger partial charge in [-0.15, -0.1) is 0 Å². The summed E-state index contributed by atoms with van der Waals surface area (Å²) in [5, 5.41) is 0. The van der Waals surface area contributed by atoms with Crippen molar-refractivity contribution in [2.24, 2.45) is 5.92 Å². The molecule has 3 aromatic rings. The van der Waals surface area contributed by atoms with Crippen LogP contribution < -0.4 is 9.47 Å². The van der Waals surface area contributed by atoms with Gasteiger partial charge in [0, 0.05) is 18.9 Å². The Hall–Kier alpha value is -3.77. The van der Waals surface area contributed by atoms with Gasteiger partial charge in [-0.3, -0.25) is 0 Å². The summed E-state index contributed by atoms with van der Waals surface area (Å²) in [6, 6.07) is 25.2. The minimum absolute atomic E-state index is 0.0225. The first-order valence-corrected chi connectivity index (χ1v) is 12.4. The number of hydrogen-bond donors (Lipinski definition) is 0. The SMILES string of the molecule is COC1=CC(OC)([C@@H]2C[C@H]2OC(=O)c2ccccc2)[C@@H](c2ccc(OC)cc2)[C@@H]1c1ccc(OC)cc1. The van der Waals surface area contributed by atoms with Crippen LogP contribution in [-0.4, -0.2) is 46.1 Å². The van der Waals surface area contributed by atoms with Crippen molar-refractivity contribution in [2.75, 3.05) is 28.4 Å². The lowest BCUT2D eigenvalue weighted by Gasteiger charge is -2.37. The number of esters is 1. The summed E-state index contributed by atoms with van der Waals surface area (Å²) >= 11 is 0. The molecule has 0 radical (unpaired) electrons. The Morgan fingerprint density at radius 3 is 1.89 bits per heavy atom. The number of carbonyl (C=O) groups excluding carboxylic acids is 1. The molecule has 0 saturated heterocycles. The van der Waals surface area contributed by atoms with Gasteiger partial charge in [0.05, 0.1) is 32.8 Å². The molecule has 1 fully saturated rings. The standard InChI is InChI=1S/C31H32O6/c1-33-23-14-10-20(11-15-23)28-27(35-3)19-31(36-4,29(28)21-12-16-24(34-2)17-13-21)25-18-26(25)37-30(32)22-8-6-5-7-9-22/h5-17,19,25-26,28-29H,18H2,1-4H3/t25-,26-,28-,29+,31?/m1/s1. The van der Waals surface area contributed by atoms with E-state index in [-0.39, 0.29) is 29.8 Å². The Bertz CT molecular complexity index is 1250. The molecule has 192 valence electrons. The number of methoxy groups -OCH3 is 4. The van der Waals surface area contributed by atoms with Crippen molar-refractivity contribution in [1.82, 2.24) is 0 Å². The van der Waals surface area contributed by atoms with E-state index in [1.165, 1.54) is 0 Å². The molecule has 0 spiro atoms. The van der Waals surface area contributed by atoms with E-state index in [1.54, 1.807) is 40.6 Å². The molecule has 3 aromatic carbocycles. The molecule has 5 atom stereocenters. The summed E-state index contributed by atoms with van der Waals surface area (Å²) in [7, 11) is 6.74. The van der Waals surface area contributed by atoms with Crippen molar-refractivity contribution in [2.45, 2.75) is 30.0 Å². The highest BCUT2D eigenvalue weighted by Gasteiger charge is 2.63. The number of benzene rings is 3. The Kier molecular flexibility index (Phi) is 6.94. The maximum Gasteiger partial charge on any atom is 0.338 e. The highest BCUT2D eigenvalue weighted by molar-refractivity contribution is 5.89. The van der Waals surface area contributed by atoms with Gasteiger partial charge >= 0.3 is 5.97 Å². The predicted octanol–water partition coefficient (Wildman–Crippen LogP) is 5.75. The van der Waals surface area contributed by atoms with Crippen molar-refractivity contribution in [1.29, 1.82) is 0 Å². The van der Waals surface area contributed by atoms with Crippen LogP contribution in [-0.2, 0) is 14.2 Å². The molecule has 2 aliphatic rings. The fraction of sp³-hybridized carbons (Fsp3) is 0.323. The van der Waals surface area contributed by atoms with Gasteiger partial charge in [-0.1, -0.05) is 42.5 Å². The fourth-order valence-electron chi connectivity index (χ4n) is 5.68. The summed E-state index contributed by atoms with van der Waals surface area (Å²) in [4.78, 5) is 12.8. The van der Waals surface area contributed by atoms with Crippen LogP contribution in [0.15, 0.2) is 90.7 Å². The van der Waals surface area contributed by atoms with Crippen LogP contribution >= 0.6 is 0 Å². The summed E-state index contributed by atoms with van der Waals surface area (Å²) in [5.74, 6) is 1.84. The normalized spacial score (nSPS) is 26.2. The van der Waals surface area contributed by atoms with E-state index in [0.717, 1.165) is 28.4 Å². The first kappa shape index (κ1) is 24.9. The quantitative estimate of drug-likeness (QED) is 0.349. The predicted molar refractivity (Wildman–Crippen MR) is 140 cm³/mol. The second-order valence-corrected chi connectivity index (χ2v) is 9.46. The van der Waals surface area contributed by atoms with Crippen LogP contribution in [0.25, 0.3) is 0 Å². The molecule has 0 aromatic heterocycles. The Labute approximate surface area is 217 Å². The molecule has 2 aliphatic carbocycles. The van der Waals surface area contributed by atoms with E-state index in [0.29, 0.717) is 12.0 Å². The van der Waals surface area contributed by atoms with Crippen LogP contribution in [0.5, 0.6) is 11.5 Å². The number of ether oxygens (including phenoxy) is 5. The zero-order chi connectivity index (χ0) is 26.0. The maximum absolute atomic E-state index is 12.8. The Morgan fingerprint density at radius 2 is 1.35 bits per heavy atom. The molecule has 0 amide bonds. The third-order valence-electron chi connectivity index (χ3n) is 7.61. The summed E-state index contributed by atoms with van der Waals surface area (Å²) in [6.45, 7) is 0. The highest BCUT2D eigenvalue weighted by Crippen LogP contribution is 2.61. The molecule has 1 unspecified atom stereocenters. The Balaban J connectivity index is 1.53. The van der Waals surface area contributed by atoms with Crippen LogP contribution in [0, 0.1) is 5.92 Å². The molecule has 0 heterocycles. The lowest BCUT2D eigenvalue weighted by Crippen LogP contribution is -2.39. The third-order valence-corrected chi connectivity index (χ3v) is 7.61. The molecule has 37 heavy (non-hydrogen) atoms. The second kappa shape index (κ2) is 10.3. The van der Waals surface area contributed by atoms with Crippen LogP contribution in [0.2, 0.25) is 0 Å². The molecular weight excluding hydrogens is 468 g/mol. The van der Waals surface area contributed by atoms with Crippen molar-refractivity contribution in [3.63, 3.8) is 0 Å². The average molecular weight is 501 g/mol. The molecule has 5 rings (SSSR count).